The molecule has 0 saturated heterocycles. The minimum absolute atomic E-state index is 0.203. The highest BCUT2D eigenvalue weighted by Crippen LogP contribution is 2.23. The number of hydrogen-bond donors (Lipinski definition) is 2. The van der Waals surface area contributed by atoms with Crippen LogP contribution in [0.15, 0.2) is 17.0 Å². The normalized spacial score (nSPS) is 12.7. The summed E-state index contributed by atoms with van der Waals surface area (Å²) in [6, 6.07) is 3.31. The first kappa shape index (κ1) is 15.9. The number of sulfonamides is 1. The molecule has 0 saturated carbocycles. The van der Waals surface area contributed by atoms with Gasteiger partial charge >= 0.3 is 0 Å². The van der Waals surface area contributed by atoms with E-state index in [0.717, 1.165) is 0 Å². The fourth-order valence-electron chi connectivity index (χ4n) is 1.82. The molecule has 5 nitrogen and oxygen atoms in total. The summed E-state index contributed by atoms with van der Waals surface area (Å²) >= 11 is 0. The fourth-order valence-corrected chi connectivity index (χ4v) is 3.47. The number of anilines is 1. The highest BCUT2D eigenvalue weighted by atomic mass is 32.2. The van der Waals surface area contributed by atoms with Gasteiger partial charge in [-0.1, -0.05) is 0 Å². The maximum Gasteiger partial charge on any atom is 0.241 e. The van der Waals surface area contributed by atoms with E-state index in [9.17, 15) is 8.42 Å². The van der Waals surface area contributed by atoms with E-state index in [1.165, 1.54) is 0 Å². The first-order chi connectivity index (χ1) is 8.59. The molecule has 1 rings (SSSR count). The number of hydrogen-bond acceptors (Lipinski definition) is 4. The van der Waals surface area contributed by atoms with Gasteiger partial charge in [0.05, 0.1) is 10.5 Å². The van der Waals surface area contributed by atoms with Crippen molar-refractivity contribution in [3.8, 4) is 0 Å². The topological polar surface area (TPSA) is 81.4 Å². The van der Waals surface area contributed by atoms with Gasteiger partial charge in [-0.25, -0.2) is 13.1 Å². The van der Waals surface area contributed by atoms with E-state index in [1.54, 1.807) is 33.1 Å². The summed E-state index contributed by atoms with van der Waals surface area (Å²) in [5.41, 5.74) is 6.99. The largest absolute Gasteiger partial charge is 0.399 e. The van der Waals surface area contributed by atoms with Crippen LogP contribution < -0.4 is 10.5 Å². The molecule has 3 N–H and O–H groups in total. The van der Waals surface area contributed by atoms with E-state index >= 15 is 0 Å². The van der Waals surface area contributed by atoms with Crippen molar-refractivity contribution in [3.63, 3.8) is 0 Å². The number of nitrogens with two attached hydrogens (primary N) is 1. The lowest BCUT2D eigenvalue weighted by atomic mass is 10.1. The predicted octanol–water partition coefficient (Wildman–Crippen LogP) is 1.59. The second kappa shape index (κ2) is 5.48. The van der Waals surface area contributed by atoms with Crippen LogP contribution in [0.3, 0.4) is 0 Å². The number of rotatable bonds is 5. The van der Waals surface area contributed by atoms with E-state index in [4.69, 9.17) is 10.5 Å². The molecule has 0 heterocycles. The van der Waals surface area contributed by atoms with Gasteiger partial charge in [-0.05, 0) is 51.0 Å². The predicted molar refractivity (Wildman–Crippen MR) is 76.6 cm³/mol. The zero-order chi connectivity index (χ0) is 14.8. The van der Waals surface area contributed by atoms with Gasteiger partial charge in [0.2, 0.25) is 10.0 Å². The first-order valence-electron chi connectivity index (χ1n) is 6.00. The third-order valence-corrected chi connectivity index (χ3v) is 4.70. The number of methoxy groups -OCH3 is 1. The molecule has 0 bridgehead atoms. The molecule has 0 aliphatic heterocycles. The highest BCUT2D eigenvalue weighted by molar-refractivity contribution is 7.89. The molecule has 0 aliphatic carbocycles. The van der Waals surface area contributed by atoms with Crippen LogP contribution in [0.5, 0.6) is 0 Å². The highest BCUT2D eigenvalue weighted by Gasteiger charge is 2.24. The number of benzene rings is 1. The Kier molecular flexibility index (Phi) is 4.60. The van der Waals surface area contributed by atoms with Crippen LogP contribution in [-0.4, -0.2) is 27.7 Å². The van der Waals surface area contributed by atoms with Crippen molar-refractivity contribution in [2.24, 2.45) is 0 Å². The van der Waals surface area contributed by atoms with E-state index in [1.807, 2.05) is 13.8 Å². The van der Waals surface area contributed by atoms with Crippen LogP contribution in [-0.2, 0) is 14.8 Å². The standard InChI is InChI=1S/C13H22N2O3S/c1-9-6-11(14)7-10(2)12(9)19(16,17)15-8-13(3,4)18-5/h6-7,15H,8,14H2,1-5H3. The molecule has 1 aromatic rings. The fraction of sp³-hybridized carbons (Fsp3) is 0.538. The Morgan fingerprint density at radius 1 is 1.26 bits per heavy atom. The Hall–Kier alpha value is -1.11. The molecule has 0 unspecified atom stereocenters. The zero-order valence-electron chi connectivity index (χ0n) is 12.1. The van der Waals surface area contributed by atoms with Gasteiger partial charge < -0.3 is 10.5 Å². The Bertz CT molecular complexity index is 542. The number of nitrogens with one attached hydrogen (secondary N) is 1. The average molecular weight is 286 g/mol. The van der Waals surface area contributed by atoms with Crippen LogP contribution in [0.25, 0.3) is 0 Å². The number of nitrogen functional groups attached to an aromatic ring is 1. The maximum absolute atomic E-state index is 12.3. The van der Waals surface area contributed by atoms with Crippen LogP contribution in [0.1, 0.15) is 25.0 Å². The van der Waals surface area contributed by atoms with Crippen molar-refractivity contribution in [1.29, 1.82) is 0 Å². The van der Waals surface area contributed by atoms with E-state index in [2.05, 4.69) is 4.72 Å². The second-order valence-corrected chi connectivity index (χ2v) is 6.98. The summed E-state index contributed by atoms with van der Waals surface area (Å²) < 4.78 is 32.5. The van der Waals surface area contributed by atoms with Gasteiger partial charge in [0, 0.05) is 19.3 Å². The quantitative estimate of drug-likeness (QED) is 0.805. The Labute approximate surface area is 115 Å². The van der Waals surface area contributed by atoms with E-state index in [-0.39, 0.29) is 11.4 Å². The molecule has 0 amide bonds. The third kappa shape index (κ3) is 3.92. The zero-order valence-corrected chi connectivity index (χ0v) is 12.9. The second-order valence-electron chi connectivity index (χ2n) is 5.27. The lowest BCUT2D eigenvalue weighted by Crippen LogP contribution is -2.40. The third-order valence-electron chi connectivity index (χ3n) is 2.99. The monoisotopic (exact) mass is 286 g/mol. The summed E-state index contributed by atoms with van der Waals surface area (Å²) in [7, 11) is -2.02. The molecular formula is C13H22N2O3S. The molecule has 0 aliphatic rings. The van der Waals surface area contributed by atoms with Crippen molar-refractivity contribution in [1.82, 2.24) is 4.72 Å². The Morgan fingerprint density at radius 2 is 1.74 bits per heavy atom. The van der Waals surface area contributed by atoms with Crippen molar-refractivity contribution in [2.75, 3.05) is 19.4 Å². The minimum Gasteiger partial charge on any atom is -0.399 e. The van der Waals surface area contributed by atoms with Gasteiger partial charge in [-0.15, -0.1) is 0 Å². The molecular weight excluding hydrogens is 264 g/mol. The van der Waals surface area contributed by atoms with Crippen molar-refractivity contribution >= 4 is 15.7 Å². The van der Waals surface area contributed by atoms with Crippen molar-refractivity contribution < 1.29 is 13.2 Å². The van der Waals surface area contributed by atoms with E-state index < -0.39 is 15.6 Å². The summed E-state index contributed by atoms with van der Waals surface area (Å²) in [6.07, 6.45) is 0. The smallest absolute Gasteiger partial charge is 0.241 e. The Balaban J connectivity index is 3.09. The summed E-state index contributed by atoms with van der Waals surface area (Å²) in [6.45, 7) is 7.31. The maximum atomic E-state index is 12.3. The van der Waals surface area contributed by atoms with E-state index in [0.29, 0.717) is 16.8 Å². The van der Waals surface area contributed by atoms with Crippen LogP contribution in [0.4, 0.5) is 5.69 Å². The van der Waals surface area contributed by atoms with Crippen LogP contribution in [0, 0.1) is 13.8 Å². The van der Waals surface area contributed by atoms with Crippen molar-refractivity contribution in [2.45, 2.75) is 38.2 Å². The minimum atomic E-state index is -3.57. The van der Waals surface area contributed by atoms with Crippen LogP contribution >= 0.6 is 0 Å². The SMILES string of the molecule is COC(C)(C)CNS(=O)(=O)c1c(C)cc(N)cc1C. The molecule has 0 atom stereocenters. The van der Waals surface area contributed by atoms with Gasteiger partial charge in [0.15, 0.2) is 0 Å². The molecule has 0 aromatic heterocycles. The first-order valence-corrected chi connectivity index (χ1v) is 7.49. The molecule has 0 spiro atoms. The van der Waals surface area contributed by atoms with Gasteiger partial charge in [-0.2, -0.15) is 0 Å². The van der Waals surface area contributed by atoms with Gasteiger partial charge in [0.1, 0.15) is 0 Å². The molecule has 1 aromatic carbocycles. The molecule has 19 heavy (non-hydrogen) atoms. The summed E-state index contributed by atoms with van der Waals surface area (Å²) in [4.78, 5) is 0.286. The average Bonchev–Trinajstić information content (AvgIpc) is 2.25. The Morgan fingerprint density at radius 3 is 2.16 bits per heavy atom. The number of ether oxygens (including phenoxy) is 1. The van der Waals surface area contributed by atoms with Crippen LogP contribution in [0.2, 0.25) is 0 Å². The molecule has 0 fully saturated rings. The van der Waals surface area contributed by atoms with Gasteiger partial charge in [-0.3, -0.25) is 0 Å². The molecule has 6 heteroatoms. The lowest BCUT2D eigenvalue weighted by Gasteiger charge is -2.23. The summed E-state index contributed by atoms with van der Waals surface area (Å²) in [5.74, 6) is 0. The molecule has 0 radical (unpaired) electrons. The lowest BCUT2D eigenvalue weighted by molar-refractivity contribution is 0.0276. The van der Waals surface area contributed by atoms with Crippen molar-refractivity contribution in [3.05, 3.63) is 23.3 Å². The molecule has 108 valence electrons. The summed E-state index contributed by atoms with van der Waals surface area (Å²) in [5, 5.41) is 0. The number of aryl methyl sites for hydroxylation is 2. The van der Waals surface area contributed by atoms with Gasteiger partial charge in [0.25, 0.3) is 0 Å².